The first kappa shape index (κ1) is 16.2. The molecule has 1 aromatic heterocycles. The van der Waals surface area contributed by atoms with Crippen molar-refractivity contribution in [3.8, 4) is 0 Å². The van der Waals surface area contributed by atoms with Crippen LogP contribution in [0.25, 0.3) is 0 Å². The zero-order valence-electron chi connectivity index (χ0n) is 13.9. The van der Waals surface area contributed by atoms with Gasteiger partial charge in [-0.1, -0.05) is 22.9 Å². The van der Waals surface area contributed by atoms with Gasteiger partial charge in [0.05, 0.1) is 0 Å². The van der Waals surface area contributed by atoms with Gasteiger partial charge >= 0.3 is 0 Å². The van der Waals surface area contributed by atoms with Gasteiger partial charge in [-0.25, -0.2) is 9.97 Å². The molecule has 4 nitrogen and oxygen atoms in total. The Bertz CT molecular complexity index is 693. The second kappa shape index (κ2) is 6.87. The predicted octanol–water partition coefficient (Wildman–Crippen LogP) is 4.84. The Balaban J connectivity index is 1.82. The average molecular weight is 375 g/mol. The van der Waals surface area contributed by atoms with E-state index in [0.717, 1.165) is 46.6 Å². The number of anilines is 3. The van der Waals surface area contributed by atoms with Crippen molar-refractivity contribution in [1.29, 1.82) is 0 Å². The van der Waals surface area contributed by atoms with E-state index in [1.54, 1.807) is 0 Å². The second-order valence-electron chi connectivity index (χ2n) is 6.41. The van der Waals surface area contributed by atoms with Gasteiger partial charge in [-0.2, -0.15) is 0 Å². The molecule has 3 rings (SSSR count). The van der Waals surface area contributed by atoms with Gasteiger partial charge < -0.3 is 10.2 Å². The number of nitrogens with zero attached hydrogens (tertiary/aromatic N) is 3. The lowest BCUT2D eigenvalue weighted by Gasteiger charge is -2.31. The molecule has 23 heavy (non-hydrogen) atoms. The van der Waals surface area contributed by atoms with Crippen LogP contribution >= 0.6 is 15.9 Å². The Labute approximate surface area is 146 Å². The van der Waals surface area contributed by atoms with E-state index in [0.29, 0.717) is 0 Å². The average Bonchev–Trinajstić information content (AvgIpc) is 2.50. The molecule has 0 saturated carbocycles. The molecule has 0 unspecified atom stereocenters. The van der Waals surface area contributed by atoms with Gasteiger partial charge in [0.2, 0.25) is 0 Å². The van der Waals surface area contributed by atoms with Gasteiger partial charge in [-0.3, -0.25) is 0 Å². The molecule has 1 fully saturated rings. The van der Waals surface area contributed by atoms with Gasteiger partial charge in [-0.05, 0) is 56.4 Å². The Hall–Kier alpha value is -1.62. The third kappa shape index (κ3) is 4.02. The van der Waals surface area contributed by atoms with Crippen LogP contribution in [-0.2, 0) is 0 Å². The highest BCUT2D eigenvalue weighted by Crippen LogP contribution is 2.26. The Kier molecular flexibility index (Phi) is 4.85. The predicted molar refractivity (Wildman–Crippen MR) is 99.5 cm³/mol. The lowest BCUT2D eigenvalue weighted by Crippen LogP contribution is -2.33. The molecule has 1 aromatic carbocycles. The van der Waals surface area contributed by atoms with Crippen molar-refractivity contribution in [3.63, 3.8) is 0 Å². The Morgan fingerprint density at radius 2 is 1.87 bits per heavy atom. The minimum absolute atomic E-state index is 0.804. The largest absolute Gasteiger partial charge is 0.356 e. The molecule has 0 atom stereocenters. The Morgan fingerprint density at radius 3 is 2.57 bits per heavy atom. The maximum Gasteiger partial charge on any atom is 0.136 e. The van der Waals surface area contributed by atoms with Crippen LogP contribution in [0.15, 0.2) is 28.7 Å². The van der Waals surface area contributed by atoms with Crippen molar-refractivity contribution in [2.75, 3.05) is 23.3 Å². The van der Waals surface area contributed by atoms with E-state index >= 15 is 0 Å². The first-order valence-corrected chi connectivity index (χ1v) is 8.94. The summed E-state index contributed by atoms with van der Waals surface area (Å²) in [6.07, 6.45) is 2.47. The SMILES string of the molecule is Cc1nc(Nc2ccc(Br)cc2C)cc(N2CCC(C)CC2)n1. The number of benzene rings is 1. The molecule has 0 radical (unpaired) electrons. The minimum Gasteiger partial charge on any atom is -0.356 e. The van der Waals surface area contributed by atoms with Gasteiger partial charge in [0.1, 0.15) is 17.5 Å². The van der Waals surface area contributed by atoms with Gasteiger partial charge in [-0.15, -0.1) is 0 Å². The molecule has 1 aliphatic rings. The van der Waals surface area contributed by atoms with Crippen molar-refractivity contribution >= 4 is 33.3 Å². The molecule has 122 valence electrons. The van der Waals surface area contributed by atoms with Gasteiger partial charge in [0.25, 0.3) is 0 Å². The molecule has 0 bridgehead atoms. The summed E-state index contributed by atoms with van der Waals surface area (Å²) in [4.78, 5) is 11.5. The number of rotatable bonds is 3. The lowest BCUT2D eigenvalue weighted by atomic mass is 9.99. The monoisotopic (exact) mass is 374 g/mol. The third-order valence-corrected chi connectivity index (χ3v) is 4.88. The summed E-state index contributed by atoms with van der Waals surface area (Å²) in [6, 6.07) is 8.27. The van der Waals surface area contributed by atoms with Gasteiger partial charge in [0.15, 0.2) is 0 Å². The van der Waals surface area contributed by atoms with Crippen LogP contribution in [0.3, 0.4) is 0 Å². The number of nitrogens with one attached hydrogen (secondary N) is 1. The van der Waals surface area contributed by atoms with Crippen LogP contribution in [0.5, 0.6) is 0 Å². The lowest BCUT2D eigenvalue weighted by molar-refractivity contribution is 0.436. The zero-order valence-corrected chi connectivity index (χ0v) is 15.5. The second-order valence-corrected chi connectivity index (χ2v) is 7.33. The molecular formula is C18H23BrN4. The van der Waals surface area contributed by atoms with E-state index in [9.17, 15) is 0 Å². The summed E-state index contributed by atoms with van der Waals surface area (Å²) in [5, 5.41) is 3.43. The molecule has 2 aromatic rings. The van der Waals surface area contributed by atoms with Crippen molar-refractivity contribution in [1.82, 2.24) is 9.97 Å². The third-order valence-electron chi connectivity index (χ3n) is 4.38. The van der Waals surface area contributed by atoms with Crippen molar-refractivity contribution in [2.45, 2.75) is 33.6 Å². The van der Waals surface area contributed by atoms with Crippen molar-refractivity contribution in [3.05, 3.63) is 40.1 Å². The van der Waals surface area contributed by atoms with Crippen LogP contribution in [0.4, 0.5) is 17.3 Å². The van der Waals surface area contributed by atoms with E-state index in [2.05, 4.69) is 68.2 Å². The maximum absolute atomic E-state index is 4.63. The van der Waals surface area contributed by atoms with Crippen LogP contribution in [0.1, 0.15) is 31.2 Å². The highest BCUT2D eigenvalue weighted by atomic mass is 79.9. The molecule has 0 spiro atoms. The number of halogens is 1. The molecule has 2 heterocycles. The highest BCUT2D eigenvalue weighted by molar-refractivity contribution is 9.10. The summed E-state index contributed by atoms with van der Waals surface area (Å²) < 4.78 is 1.09. The van der Waals surface area contributed by atoms with Crippen molar-refractivity contribution in [2.24, 2.45) is 5.92 Å². The molecule has 5 heteroatoms. The van der Waals surface area contributed by atoms with E-state index in [1.807, 2.05) is 13.0 Å². The molecule has 0 amide bonds. The number of aromatic nitrogens is 2. The van der Waals surface area contributed by atoms with Crippen LogP contribution in [0.2, 0.25) is 0 Å². The first-order chi connectivity index (χ1) is 11.0. The fraction of sp³-hybridized carbons (Fsp3) is 0.444. The fourth-order valence-electron chi connectivity index (χ4n) is 2.92. The zero-order chi connectivity index (χ0) is 16.4. The smallest absolute Gasteiger partial charge is 0.136 e. The summed E-state index contributed by atoms with van der Waals surface area (Å²) in [7, 11) is 0. The van der Waals surface area contributed by atoms with E-state index in [4.69, 9.17) is 0 Å². The Morgan fingerprint density at radius 1 is 1.13 bits per heavy atom. The van der Waals surface area contributed by atoms with Crippen LogP contribution in [0, 0.1) is 19.8 Å². The molecule has 1 saturated heterocycles. The normalized spacial score (nSPS) is 15.7. The standard InChI is InChI=1S/C18H23BrN4/c1-12-6-8-23(9-7-12)18-11-17(20-14(3)21-18)22-16-5-4-15(19)10-13(16)2/h4-5,10-12H,6-9H2,1-3H3,(H,20,21,22). The summed E-state index contributed by atoms with van der Waals surface area (Å²) >= 11 is 3.50. The number of aryl methyl sites for hydroxylation is 2. The molecule has 0 aliphatic carbocycles. The van der Waals surface area contributed by atoms with Crippen molar-refractivity contribution < 1.29 is 0 Å². The maximum atomic E-state index is 4.63. The fourth-order valence-corrected chi connectivity index (χ4v) is 3.40. The number of hydrogen-bond acceptors (Lipinski definition) is 4. The summed E-state index contributed by atoms with van der Waals surface area (Å²) in [5.74, 6) is 3.51. The van der Waals surface area contributed by atoms with Crippen LogP contribution in [-0.4, -0.2) is 23.1 Å². The minimum atomic E-state index is 0.804. The van der Waals surface area contributed by atoms with E-state index in [1.165, 1.54) is 18.4 Å². The summed E-state index contributed by atoms with van der Waals surface area (Å²) in [6.45, 7) is 8.53. The number of piperidine rings is 1. The number of hydrogen-bond donors (Lipinski definition) is 1. The van der Waals surface area contributed by atoms with E-state index in [-0.39, 0.29) is 0 Å². The quantitative estimate of drug-likeness (QED) is 0.834. The van der Waals surface area contributed by atoms with Crippen LogP contribution < -0.4 is 10.2 Å². The summed E-state index contributed by atoms with van der Waals surface area (Å²) in [5.41, 5.74) is 2.26. The highest BCUT2D eigenvalue weighted by Gasteiger charge is 2.18. The van der Waals surface area contributed by atoms with E-state index < -0.39 is 0 Å². The molecular weight excluding hydrogens is 352 g/mol. The molecule has 1 N–H and O–H groups in total. The van der Waals surface area contributed by atoms with Gasteiger partial charge in [0, 0.05) is 29.3 Å². The topological polar surface area (TPSA) is 41.1 Å². The molecule has 1 aliphatic heterocycles. The first-order valence-electron chi connectivity index (χ1n) is 8.15.